The van der Waals surface area contributed by atoms with Gasteiger partial charge in [0.15, 0.2) is 0 Å². The van der Waals surface area contributed by atoms with Gasteiger partial charge in [-0.1, -0.05) is 60.7 Å². The molecule has 0 aliphatic heterocycles. The molecule has 0 saturated carbocycles. The molecule has 1 heterocycles. The molecule has 4 rings (SSSR count). The molecule has 0 saturated heterocycles. The summed E-state index contributed by atoms with van der Waals surface area (Å²) in [6, 6.07) is 24.8. The number of hydrogen-bond donors (Lipinski definition) is 2. The molecule has 0 aliphatic rings. The summed E-state index contributed by atoms with van der Waals surface area (Å²) in [5.74, 6) is 0.179. The van der Waals surface area contributed by atoms with Crippen molar-refractivity contribution in [2.45, 2.75) is 19.4 Å². The fraction of sp³-hybridized carbons (Fsp3) is 0.130. The fourth-order valence-electron chi connectivity index (χ4n) is 3.40. The second-order valence-corrected chi connectivity index (χ2v) is 6.91. The number of amides is 1. The predicted molar refractivity (Wildman–Crippen MR) is 113 cm³/mol. The zero-order valence-corrected chi connectivity index (χ0v) is 15.5. The molecule has 28 heavy (non-hydrogen) atoms. The molecule has 1 amide bonds. The Labute approximate surface area is 163 Å². The Hall–Kier alpha value is -3.60. The summed E-state index contributed by atoms with van der Waals surface area (Å²) < 4.78 is 2.00. The second kappa shape index (κ2) is 7.56. The van der Waals surface area contributed by atoms with E-state index in [9.17, 15) is 4.79 Å². The summed E-state index contributed by atoms with van der Waals surface area (Å²) in [4.78, 5) is 15.5. The summed E-state index contributed by atoms with van der Waals surface area (Å²) in [5.41, 5.74) is 17.8. The number of benzene rings is 3. The Morgan fingerprint density at radius 3 is 2.29 bits per heavy atom. The third kappa shape index (κ3) is 3.74. The number of anilines is 1. The summed E-state index contributed by atoms with van der Waals surface area (Å²) in [5, 5.41) is 0. The summed E-state index contributed by atoms with van der Waals surface area (Å²) >= 11 is 0. The van der Waals surface area contributed by atoms with Crippen molar-refractivity contribution in [3.05, 3.63) is 83.9 Å². The summed E-state index contributed by atoms with van der Waals surface area (Å²) in [7, 11) is 0. The highest BCUT2D eigenvalue weighted by Gasteiger charge is 2.10. The van der Waals surface area contributed by atoms with Gasteiger partial charge in [-0.2, -0.15) is 0 Å². The van der Waals surface area contributed by atoms with E-state index in [0.29, 0.717) is 25.3 Å². The molecule has 140 valence electrons. The molecule has 3 aromatic carbocycles. The van der Waals surface area contributed by atoms with Crippen molar-refractivity contribution >= 4 is 22.9 Å². The van der Waals surface area contributed by atoms with Crippen LogP contribution in [0.15, 0.2) is 72.8 Å². The molecule has 0 spiro atoms. The van der Waals surface area contributed by atoms with Crippen molar-refractivity contribution in [3.8, 4) is 11.1 Å². The molecule has 0 fully saturated rings. The number of hydrogen-bond acceptors (Lipinski definition) is 3. The number of primary amides is 1. The smallest absolute Gasteiger partial charge is 0.217 e. The van der Waals surface area contributed by atoms with Crippen molar-refractivity contribution in [2.24, 2.45) is 5.73 Å². The monoisotopic (exact) mass is 370 g/mol. The Morgan fingerprint density at radius 1 is 0.893 bits per heavy atom. The molecule has 1 aromatic heterocycles. The Bertz CT molecular complexity index is 1110. The lowest BCUT2D eigenvalue weighted by atomic mass is 10.0. The zero-order chi connectivity index (χ0) is 19.5. The van der Waals surface area contributed by atoms with Crippen molar-refractivity contribution in [1.29, 1.82) is 0 Å². The minimum absolute atomic E-state index is 0.302. The quantitative estimate of drug-likeness (QED) is 0.542. The van der Waals surface area contributed by atoms with E-state index in [1.807, 2.05) is 41.0 Å². The molecular formula is C23H22N4O. The van der Waals surface area contributed by atoms with Crippen LogP contribution in [0.5, 0.6) is 0 Å². The van der Waals surface area contributed by atoms with E-state index in [-0.39, 0.29) is 5.91 Å². The van der Waals surface area contributed by atoms with Crippen LogP contribution in [0, 0.1) is 0 Å². The minimum atomic E-state index is -0.302. The molecule has 4 N–H and O–H groups in total. The normalized spacial score (nSPS) is 11.0. The molecule has 0 unspecified atom stereocenters. The topological polar surface area (TPSA) is 86.9 Å². The van der Waals surface area contributed by atoms with Gasteiger partial charge in [0.05, 0.1) is 17.6 Å². The van der Waals surface area contributed by atoms with Crippen LogP contribution in [0.3, 0.4) is 0 Å². The van der Waals surface area contributed by atoms with Crippen LogP contribution in [0.25, 0.3) is 22.2 Å². The van der Waals surface area contributed by atoms with Crippen LogP contribution >= 0.6 is 0 Å². The van der Waals surface area contributed by atoms with E-state index in [1.54, 1.807) is 0 Å². The second-order valence-electron chi connectivity index (χ2n) is 6.91. The lowest BCUT2D eigenvalue weighted by Crippen LogP contribution is -2.11. The molecule has 0 atom stereocenters. The first-order valence-electron chi connectivity index (χ1n) is 9.27. The van der Waals surface area contributed by atoms with Crippen LogP contribution in [0.2, 0.25) is 0 Å². The van der Waals surface area contributed by atoms with Crippen molar-refractivity contribution in [2.75, 3.05) is 5.73 Å². The van der Waals surface area contributed by atoms with Gasteiger partial charge in [0, 0.05) is 6.42 Å². The molecule has 0 radical (unpaired) electrons. The summed E-state index contributed by atoms with van der Waals surface area (Å²) in [6.45, 7) is 0.651. The number of fused-ring (bicyclic) bond motifs is 1. The maximum atomic E-state index is 11.0. The Balaban J connectivity index is 1.57. The van der Waals surface area contributed by atoms with Gasteiger partial charge in [-0.15, -0.1) is 0 Å². The van der Waals surface area contributed by atoms with Gasteiger partial charge < -0.3 is 16.0 Å². The van der Waals surface area contributed by atoms with Gasteiger partial charge in [-0.25, -0.2) is 4.98 Å². The molecule has 5 heteroatoms. The fourth-order valence-corrected chi connectivity index (χ4v) is 3.40. The number of nitrogen functional groups attached to an aromatic ring is 1. The first-order chi connectivity index (χ1) is 13.6. The molecular weight excluding hydrogens is 348 g/mol. The van der Waals surface area contributed by atoms with Gasteiger partial charge in [-0.05, 0) is 40.8 Å². The van der Waals surface area contributed by atoms with E-state index in [1.165, 1.54) is 11.1 Å². The largest absolute Gasteiger partial charge is 0.370 e. The van der Waals surface area contributed by atoms with E-state index in [0.717, 1.165) is 22.2 Å². The third-order valence-corrected chi connectivity index (χ3v) is 4.90. The van der Waals surface area contributed by atoms with Crippen LogP contribution in [0.4, 0.5) is 5.95 Å². The molecule has 0 bridgehead atoms. The lowest BCUT2D eigenvalue weighted by molar-refractivity contribution is -0.117. The summed E-state index contributed by atoms with van der Waals surface area (Å²) in [6.07, 6.45) is 0.939. The SMILES string of the molecule is NC(=O)CCc1ccc2c(c1)nc(N)n2Cc1ccc(-c2ccccc2)cc1. The van der Waals surface area contributed by atoms with Crippen LogP contribution in [0.1, 0.15) is 17.5 Å². The van der Waals surface area contributed by atoms with E-state index in [2.05, 4.69) is 41.4 Å². The number of nitrogens with zero attached hydrogens (tertiary/aromatic N) is 2. The highest BCUT2D eigenvalue weighted by Crippen LogP contribution is 2.23. The van der Waals surface area contributed by atoms with Gasteiger partial charge in [0.2, 0.25) is 11.9 Å². The minimum Gasteiger partial charge on any atom is -0.370 e. The number of carbonyl (C=O) groups excluding carboxylic acids is 1. The van der Waals surface area contributed by atoms with Crippen molar-refractivity contribution < 1.29 is 4.79 Å². The lowest BCUT2D eigenvalue weighted by Gasteiger charge is -2.08. The number of imidazole rings is 1. The standard InChI is InChI=1S/C23H22N4O/c24-22(28)13-9-16-8-12-21-20(14-16)26-23(25)27(21)15-17-6-10-19(11-7-17)18-4-2-1-3-5-18/h1-8,10-12,14H,9,13,15H2,(H2,24,28)(H2,25,26). The molecule has 4 aromatic rings. The Kier molecular flexibility index (Phi) is 4.81. The number of aromatic nitrogens is 2. The van der Waals surface area contributed by atoms with Crippen molar-refractivity contribution in [1.82, 2.24) is 9.55 Å². The molecule has 0 aliphatic carbocycles. The van der Waals surface area contributed by atoms with Gasteiger partial charge in [0.25, 0.3) is 0 Å². The number of nitrogens with two attached hydrogens (primary N) is 2. The predicted octanol–water partition coefficient (Wildman–Crippen LogP) is 3.75. The highest BCUT2D eigenvalue weighted by molar-refractivity contribution is 5.80. The van der Waals surface area contributed by atoms with Crippen LogP contribution in [-0.4, -0.2) is 15.5 Å². The average Bonchev–Trinajstić information content (AvgIpc) is 3.02. The first kappa shape index (κ1) is 17.8. The average molecular weight is 370 g/mol. The van der Waals surface area contributed by atoms with Gasteiger partial charge >= 0.3 is 0 Å². The van der Waals surface area contributed by atoms with E-state index in [4.69, 9.17) is 11.5 Å². The number of aryl methyl sites for hydroxylation is 1. The van der Waals surface area contributed by atoms with Crippen molar-refractivity contribution in [3.63, 3.8) is 0 Å². The zero-order valence-electron chi connectivity index (χ0n) is 15.5. The van der Waals surface area contributed by atoms with Crippen LogP contribution < -0.4 is 11.5 Å². The Morgan fingerprint density at radius 2 is 1.57 bits per heavy atom. The van der Waals surface area contributed by atoms with Gasteiger partial charge in [0.1, 0.15) is 0 Å². The highest BCUT2D eigenvalue weighted by atomic mass is 16.1. The third-order valence-electron chi connectivity index (χ3n) is 4.90. The maximum Gasteiger partial charge on any atom is 0.217 e. The van der Waals surface area contributed by atoms with Crippen LogP contribution in [-0.2, 0) is 17.8 Å². The number of rotatable bonds is 6. The maximum absolute atomic E-state index is 11.0. The van der Waals surface area contributed by atoms with E-state index < -0.39 is 0 Å². The van der Waals surface area contributed by atoms with E-state index >= 15 is 0 Å². The molecule has 5 nitrogen and oxygen atoms in total. The number of carbonyl (C=O) groups is 1. The first-order valence-corrected chi connectivity index (χ1v) is 9.27. The van der Waals surface area contributed by atoms with Gasteiger partial charge in [-0.3, -0.25) is 4.79 Å².